The van der Waals surface area contributed by atoms with Crippen molar-refractivity contribution in [1.82, 2.24) is 0 Å². The van der Waals surface area contributed by atoms with Crippen molar-refractivity contribution >= 4 is 14.6 Å². The standard InChI is InChI=1S/B2F3H/c3-1-2(4)5/h1H. The Hall–Kier alpha value is -0.0801. The molecule has 0 saturated heterocycles. The van der Waals surface area contributed by atoms with Gasteiger partial charge in [-0.2, -0.15) is 0 Å². The highest BCUT2D eigenvalue weighted by Gasteiger charge is 2.12. The van der Waals surface area contributed by atoms with E-state index in [9.17, 15) is 12.9 Å². The topological polar surface area (TPSA) is 0 Å². The van der Waals surface area contributed by atoms with Gasteiger partial charge in [-0.1, -0.05) is 0 Å². The minimum atomic E-state index is -2.78. The first-order valence-corrected chi connectivity index (χ1v) is 1.11. The van der Waals surface area contributed by atoms with Crippen molar-refractivity contribution < 1.29 is 12.9 Å². The van der Waals surface area contributed by atoms with Gasteiger partial charge in [0.25, 0.3) is 0 Å². The molecule has 0 aliphatic heterocycles. The predicted molar refractivity (Wildman–Crippen MR) is 16.2 cm³/mol. The first-order valence-electron chi connectivity index (χ1n) is 1.11. The second kappa shape index (κ2) is 2.17. The van der Waals surface area contributed by atoms with Crippen molar-refractivity contribution in [1.29, 1.82) is 0 Å². The van der Waals surface area contributed by atoms with Crippen molar-refractivity contribution in [3.05, 3.63) is 0 Å². The average Bonchev–Trinajstić information content (AvgIpc) is 1.38. The van der Waals surface area contributed by atoms with Crippen LogP contribution in [0, 0.1) is 0 Å². The fourth-order valence-corrected chi connectivity index (χ4v) is 0. The van der Waals surface area contributed by atoms with Crippen LogP contribution >= 0.6 is 0 Å². The molecule has 0 fully saturated rings. The molecule has 0 heterocycles. The van der Waals surface area contributed by atoms with E-state index in [1.54, 1.807) is 0 Å². The molecule has 5 heteroatoms. The van der Waals surface area contributed by atoms with Crippen molar-refractivity contribution in [3.63, 3.8) is 0 Å². The van der Waals surface area contributed by atoms with E-state index >= 15 is 0 Å². The van der Waals surface area contributed by atoms with Crippen LogP contribution < -0.4 is 0 Å². The summed E-state index contributed by atoms with van der Waals surface area (Å²) in [6.07, 6.45) is 0. The molecular formula is HB2F3. The summed E-state index contributed by atoms with van der Waals surface area (Å²) in [5.74, 6) is 0. The second-order valence-electron chi connectivity index (χ2n) is 0.545. The van der Waals surface area contributed by atoms with Crippen LogP contribution in [0.5, 0.6) is 0 Å². The van der Waals surface area contributed by atoms with E-state index in [0.29, 0.717) is 0 Å². The van der Waals surface area contributed by atoms with E-state index in [2.05, 4.69) is 0 Å². The van der Waals surface area contributed by atoms with E-state index in [1.165, 1.54) is 0 Å². The smallest absolute Gasteiger partial charge is 0.343 e. The third kappa shape index (κ3) is 3.92. The van der Waals surface area contributed by atoms with Gasteiger partial charge in [-0.25, -0.2) is 0 Å². The van der Waals surface area contributed by atoms with Gasteiger partial charge < -0.3 is 4.32 Å². The van der Waals surface area contributed by atoms with Crippen molar-refractivity contribution in [3.8, 4) is 0 Å². The number of hydrogen-bond acceptors (Lipinski definition) is 0. The third-order valence-corrected chi connectivity index (χ3v) is 0.117. The lowest BCUT2D eigenvalue weighted by molar-refractivity contribution is 0.683. The molecule has 5 heavy (non-hydrogen) atoms. The summed E-state index contributed by atoms with van der Waals surface area (Å²) in [6.45, 7) is 0. The summed E-state index contributed by atoms with van der Waals surface area (Å²) in [6, 6.07) is 0. The lowest BCUT2D eigenvalue weighted by Gasteiger charge is -1.68. The van der Waals surface area contributed by atoms with Gasteiger partial charge in [-0.05, 0) is 0 Å². The van der Waals surface area contributed by atoms with E-state index in [4.69, 9.17) is 0 Å². The molecule has 0 unspecified atom stereocenters. The highest BCUT2D eigenvalue weighted by Crippen LogP contribution is 1.79. The van der Waals surface area contributed by atoms with Crippen molar-refractivity contribution in [2.75, 3.05) is 0 Å². The fourth-order valence-electron chi connectivity index (χ4n) is 0. The summed E-state index contributed by atoms with van der Waals surface area (Å²) in [4.78, 5) is 0. The molecule has 0 saturated carbocycles. The molecule has 0 bridgehead atoms. The Morgan fingerprint density at radius 2 is 1.60 bits per heavy atom. The first-order chi connectivity index (χ1) is 2.27. The molecule has 0 aromatic rings. The zero-order valence-electron chi connectivity index (χ0n) is 2.42. The largest absolute Gasteiger partial charge is 0.530 e. The molecule has 0 aromatic carbocycles. The van der Waals surface area contributed by atoms with Gasteiger partial charge in [0.15, 0.2) is 0 Å². The number of halogens is 3. The molecule has 0 aliphatic rings. The van der Waals surface area contributed by atoms with Crippen LogP contribution in [0.1, 0.15) is 0 Å². The normalized spacial score (nSPS) is 7.00. The Labute approximate surface area is 28.8 Å². The van der Waals surface area contributed by atoms with Crippen LogP contribution in [0.2, 0.25) is 0 Å². The lowest BCUT2D eigenvalue weighted by atomic mass is 9.65. The Balaban J connectivity index is 2.54. The molecule has 0 nitrogen and oxygen atoms in total. The van der Waals surface area contributed by atoms with Gasteiger partial charge in [-0.15, -0.1) is 0 Å². The maximum absolute atomic E-state index is 10.4. The molecule has 0 aromatic heterocycles. The highest BCUT2D eigenvalue weighted by atomic mass is 19.2. The van der Waals surface area contributed by atoms with Gasteiger partial charge in [0.05, 0.1) is 0 Å². The summed E-state index contributed by atoms with van der Waals surface area (Å²) >= 11 is 0. The number of rotatable bonds is 1. The van der Waals surface area contributed by atoms with Gasteiger partial charge in [0, 0.05) is 0 Å². The maximum Gasteiger partial charge on any atom is 0.530 e. The Morgan fingerprint density at radius 1 is 1.40 bits per heavy atom. The molecule has 28 valence electrons. The van der Waals surface area contributed by atoms with E-state index in [1.807, 2.05) is 0 Å². The fraction of sp³-hybridized carbons (Fsp3) is 0. The number of hydrogen-bond donors (Lipinski definition) is 0. The van der Waals surface area contributed by atoms with Crippen molar-refractivity contribution in [2.24, 2.45) is 0 Å². The molecular weight excluding hydrogens is 78.6 g/mol. The molecule has 0 atom stereocenters. The van der Waals surface area contributed by atoms with Crippen LogP contribution in [-0.2, 0) is 0 Å². The molecule has 0 aliphatic carbocycles. The molecule has 0 rings (SSSR count). The van der Waals surface area contributed by atoms with Crippen LogP contribution in [0.15, 0.2) is 0 Å². The van der Waals surface area contributed by atoms with Crippen LogP contribution in [0.3, 0.4) is 0 Å². The molecule has 0 N–H and O–H groups in total. The summed E-state index contributed by atoms with van der Waals surface area (Å²) in [7, 11) is -4.31. The van der Waals surface area contributed by atoms with Crippen LogP contribution in [0.4, 0.5) is 12.9 Å². The van der Waals surface area contributed by atoms with Gasteiger partial charge in [-0.3, -0.25) is 8.63 Å². The van der Waals surface area contributed by atoms with Crippen molar-refractivity contribution in [2.45, 2.75) is 0 Å². The monoisotopic (exact) mass is 80.0 g/mol. The summed E-state index contributed by atoms with van der Waals surface area (Å²) in [5.41, 5.74) is 0. The van der Waals surface area contributed by atoms with E-state index in [0.717, 1.165) is 0 Å². The highest BCUT2D eigenvalue weighted by molar-refractivity contribution is 7.01. The zero-order chi connectivity index (χ0) is 4.28. The maximum atomic E-state index is 10.4. The van der Waals surface area contributed by atoms with Gasteiger partial charge in [0.2, 0.25) is 0 Å². The Kier molecular flexibility index (Phi) is 2.14. The quantitative estimate of drug-likeness (QED) is 0.395. The minimum Gasteiger partial charge on any atom is -0.343 e. The SMILES string of the molecule is FBB(F)F. The minimum absolute atomic E-state index is 1.53. The summed E-state index contributed by atoms with van der Waals surface area (Å²) in [5, 5.41) is 0. The van der Waals surface area contributed by atoms with E-state index in [-0.39, 0.29) is 0 Å². The average molecular weight is 79.6 g/mol. The zero-order valence-corrected chi connectivity index (χ0v) is 2.42. The van der Waals surface area contributed by atoms with Gasteiger partial charge in [0.1, 0.15) is 0 Å². The van der Waals surface area contributed by atoms with E-state index < -0.39 is 14.6 Å². The van der Waals surface area contributed by atoms with Crippen LogP contribution in [0.25, 0.3) is 0 Å². The first kappa shape index (κ1) is 4.92. The summed E-state index contributed by atoms with van der Waals surface area (Å²) < 4.78 is 31.1. The van der Waals surface area contributed by atoms with Crippen LogP contribution in [-0.4, -0.2) is 14.6 Å². The molecule has 0 radical (unpaired) electrons. The molecule has 0 amide bonds. The third-order valence-electron chi connectivity index (χ3n) is 0.117. The Bertz CT molecular complexity index is 18.9. The Morgan fingerprint density at radius 3 is 1.60 bits per heavy atom. The molecule has 0 spiro atoms. The predicted octanol–water partition coefficient (Wildman–Crippen LogP) is 0.231. The lowest BCUT2D eigenvalue weighted by Crippen LogP contribution is -2.02. The second-order valence-corrected chi connectivity index (χ2v) is 0.545. The van der Waals surface area contributed by atoms with Gasteiger partial charge >= 0.3 is 14.6 Å².